The Balaban J connectivity index is 0. The van der Waals surface area contributed by atoms with E-state index in [0.29, 0.717) is 0 Å². The number of hydrogen-bond donors (Lipinski definition) is 1. The SMILES string of the molecule is C=Cc1sc(=O)[nH]c1C(=C)C.CC.[HH]. The molecule has 1 aromatic rings. The highest BCUT2D eigenvalue weighted by Gasteiger charge is 2.03. The van der Waals surface area contributed by atoms with Crippen LogP contribution in [0.15, 0.2) is 18.0 Å². The molecule has 2 nitrogen and oxygen atoms in total. The van der Waals surface area contributed by atoms with Crippen LogP contribution in [-0.4, -0.2) is 4.98 Å². The number of nitrogens with one attached hydrogen (secondary N) is 1. The van der Waals surface area contributed by atoms with Gasteiger partial charge in [-0.15, -0.1) is 0 Å². The summed E-state index contributed by atoms with van der Waals surface area (Å²) in [6.07, 6.45) is 1.66. The lowest BCUT2D eigenvalue weighted by Crippen LogP contribution is -1.93. The summed E-state index contributed by atoms with van der Waals surface area (Å²) >= 11 is 1.15. The van der Waals surface area contributed by atoms with Crippen LogP contribution in [0.3, 0.4) is 0 Å². The second kappa shape index (κ2) is 5.54. The maximum atomic E-state index is 10.8. The molecule has 0 aromatic carbocycles. The zero-order valence-corrected chi connectivity index (χ0v) is 9.12. The van der Waals surface area contributed by atoms with E-state index in [4.69, 9.17) is 0 Å². The van der Waals surface area contributed by atoms with Crippen LogP contribution in [-0.2, 0) is 0 Å². The molecule has 0 radical (unpaired) electrons. The number of aromatic amines is 1. The van der Waals surface area contributed by atoms with Crippen molar-refractivity contribution < 1.29 is 1.43 Å². The van der Waals surface area contributed by atoms with Gasteiger partial charge in [-0.1, -0.05) is 38.3 Å². The van der Waals surface area contributed by atoms with Gasteiger partial charge in [0.25, 0.3) is 0 Å². The van der Waals surface area contributed by atoms with Crippen LogP contribution in [0, 0.1) is 0 Å². The molecule has 1 rings (SSSR count). The number of thiazole rings is 1. The van der Waals surface area contributed by atoms with Crippen molar-refractivity contribution in [3.63, 3.8) is 0 Å². The molecule has 0 aliphatic heterocycles. The molecule has 0 saturated carbocycles. The van der Waals surface area contributed by atoms with Crippen molar-refractivity contribution in [3.8, 4) is 0 Å². The monoisotopic (exact) mass is 199 g/mol. The Morgan fingerprint density at radius 1 is 1.62 bits per heavy atom. The van der Waals surface area contributed by atoms with E-state index in [9.17, 15) is 4.79 Å². The van der Waals surface area contributed by atoms with Gasteiger partial charge in [-0.05, 0) is 18.6 Å². The summed E-state index contributed by atoms with van der Waals surface area (Å²) < 4.78 is 0. The Kier molecular flexibility index (Phi) is 5.07. The van der Waals surface area contributed by atoms with Crippen molar-refractivity contribution in [2.75, 3.05) is 0 Å². The minimum Gasteiger partial charge on any atom is -0.312 e. The Labute approximate surface area is 84.1 Å². The number of rotatable bonds is 2. The Morgan fingerprint density at radius 3 is 2.46 bits per heavy atom. The van der Waals surface area contributed by atoms with E-state index in [2.05, 4.69) is 18.1 Å². The molecule has 0 bridgehead atoms. The molecule has 0 unspecified atom stereocenters. The molecular formula is C10H17NOS. The first-order valence-corrected chi connectivity index (χ1v) is 4.98. The maximum Gasteiger partial charge on any atom is 0.305 e. The molecule has 0 saturated heterocycles. The highest BCUT2D eigenvalue weighted by Crippen LogP contribution is 2.17. The fourth-order valence-electron chi connectivity index (χ4n) is 0.801. The Hall–Kier alpha value is -1.09. The molecule has 0 fully saturated rings. The third-order valence-electron chi connectivity index (χ3n) is 1.29. The fraction of sp³-hybridized carbons (Fsp3) is 0.300. The second-order valence-electron chi connectivity index (χ2n) is 2.24. The lowest BCUT2D eigenvalue weighted by atomic mass is 10.2. The van der Waals surface area contributed by atoms with Gasteiger partial charge in [0.1, 0.15) is 0 Å². The fourth-order valence-corrected chi connectivity index (χ4v) is 1.56. The number of H-pyrrole nitrogens is 1. The van der Waals surface area contributed by atoms with Crippen molar-refractivity contribution in [1.29, 1.82) is 0 Å². The maximum absolute atomic E-state index is 10.8. The molecule has 0 spiro atoms. The number of aromatic nitrogens is 1. The van der Waals surface area contributed by atoms with Crippen LogP contribution in [0.2, 0.25) is 0 Å². The first-order valence-electron chi connectivity index (χ1n) is 4.16. The van der Waals surface area contributed by atoms with Crippen molar-refractivity contribution in [3.05, 3.63) is 33.4 Å². The summed E-state index contributed by atoms with van der Waals surface area (Å²) in [5.41, 5.74) is 1.66. The summed E-state index contributed by atoms with van der Waals surface area (Å²) in [5.74, 6) is 0. The summed E-state index contributed by atoms with van der Waals surface area (Å²) in [4.78, 5) is 14.3. The quantitative estimate of drug-likeness (QED) is 0.778. The third-order valence-corrected chi connectivity index (χ3v) is 2.17. The molecule has 74 valence electrons. The Morgan fingerprint density at radius 2 is 2.15 bits per heavy atom. The second-order valence-corrected chi connectivity index (χ2v) is 3.25. The van der Waals surface area contributed by atoms with E-state index >= 15 is 0 Å². The average molecular weight is 199 g/mol. The van der Waals surface area contributed by atoms with Crippen LogP contribution in [0.1, 0.15) is 32.8 Å². The standard InChI is InChI=1S/C8H9NOS.C2H6.H2/c1-4-6-7(5(2)3)9-8(10)11-6;1-2;/h4H,1-2H2,3H3,(H,9,10);1-2H3;1H. The van der Waals surface area contributed by atoms with Gasteiger partial charge in [0.2, 0.25) is 0 Å². The lowest BCUT2D eigenvalue weighted by molar-refractivity contribution is 1.28. The third kappa shape index (κ3) is 3.03. The number of allylic oxidation sites excluding steroid dienone is 1. The van der Waals surface area contributed by atoms with E-state index < -0.39 is 0 Å². The predicted octanol–water partition coefficient (Wildman–Crippen LogP) is 3.38. The molecular weight excluding hydrogens is 182 g/mol. The van der Waals surface area contributed by atoms with Gasteiger partial charge in [-0.25, -0.2) is 0 Å². The predicted molar refractivity (Wildman–Crippen MR) is 63.2 cm³/mol. The summed E-state index contributed by atoms with van der Waals surface area (Å²) in [6.45, 7) is 13.2. The van der Waals surface area contributed by atoms with Gasteiger partial charge in [0.05, 0.1) is 10.6 Å². The summed E-state index contributed by atoms with van der Waals surface area (Å²) in [5, 5.41) is 0. The summed E-state index contributed by atoms with van der Waals surface area (Å²) in [6, 6.07) is 0. The van der Waals surface area contributed by atoms with Crippen LogP contribution in [0.25, 0.3) is 11.6 Å². The van der Waals surface area contributed by atoms with Gasteiger partial charge < -0.3 is 4.98 Å². The van der Waals surface area contributed by atoms with Crippen LogP contribution >= 0.6 is 11.3 Å². The lowest BCUT2D eigenvalue weighted by Gasteiger charge is -1.93. The molecule has 1 heterocycles. The van der Waals surface area contributed by atoms with Crippen LogP contribution in [0.5, 0.6) is 0 Å². The van der Waals surface area contributed by atoms with E-state index in [1.54, 1.807) is 6.08 Å². The van der Waals surface area contributed by atoms with Gasteiger partial charge in [0, 0.05) is 1.43 Å². The van der Waals surface area contributed by atoms with E-state index in [0.717, 1.165) is 27.5 Å². The normalized spacial score (nSPS) is 8.54. The van der Waals surface area contributed by atoms with Gasteiger partial charge >= 0.3 is 4.87 Å². The van der Waals surface area contributed by atoms with Crippen molar-refractivity contribution in [2.45, 2.75) is 20.8 Å². The largest absolute Gasteiger partial charge is 0.312 e. The van der Waals surface area contributed by atoms with E-state index in [1.165, 1.54) is 0 Å². The highest BCUT2D eigenvalue weighted by atomic mass is 32.1. The minimum atomic E-state index is -0.0575. The Bertz CT molecular complexity index is 351. The van der Waals surface area contributed by atoms with Crippen molar-refractivity contribution in [1.82, 2.24) is 4.98 Å². The van der Waals surface area contributed by atoms with E-state index in [1.807, 2.05) is 20.8 Å². The number of hydrogen-bond acceptors (Lipinski definition) is 2. The highest BCUT2D eigenvalue weighted by molar-refractivity contribution is 7.10. The summed E-state index contributed by atoms with van der Waals surface area (Å²) in [7, 11) is 0. The molecule has 0 aliphatic carbocycles. The average Bonchev–Trinajstić information content (AvgIpc) is 2.50. The first kappa shape index (κ1) is 11.9. The molecule has 0 aliphatic rings. The van der Waals surface area contributed by atoms with E-state index in [-0.39, 0.29) is 6.30 Å². The molecule has 1 aromatic heterocycles. The molecule has 0 atom stereocenters. The zero-order chi connectivity index (χ0) is 10.4. The van der Waals surface area contributed by atoms with Gasteiger partial charge in [0.15, 0.2) is 0 Å². The van der Waals surface area contributed by atoms with Crippen LogP contribution < -0.4 is 4.87 Å². The van der Waals surface area contributed by atoms with Crippen molar-refractivity contribution >= 4 is 23.0 Å². The van der Waals surface area contributed by atoms with Gasteiger partial charge in [-0.3, -0.25) is 4.79 Å². The van der Waals surface area contributed by atoms with Crippen molar-refractivity contribution in [2.24, 2.45) is 0 Å². The molecule has 1 N–H and O–H groups in total. The molecule has 13 heavy (non-hydrogen) atoms. The molecule has 3 heteroatoms. The topological polar surface area (TPSA) is 32.9 Å². The van der Waals surface area contributed by atoms with Gasteiger partial charge in [-0.2, -0.15) is 0 Å². The molecule has 0 amide bonds. The first-order chi connectivity index (χ1) is 6.15. The zero-order valence-electron chi connectivity index (χ0n) is 8.31. The van der Waals surface area contributed by atoms with Crippen LogP contribution in [0.4, 0.5) is 0 Å². The minimum absolute atomic E-state index is 0. The smallest absolute Gasteiger partial charge is 0.305 e.